The second-order valence-electron chi connectivity index (χ2n) is 4.39. The minimum absolute atomic E-state index is 0.0130. The molecule has 0 radical (unpaired) electrons. The van der Waals surface area contributed by atoms with Gasteiger partial charge >= 0.3 is 0 Å². The smallest absolute Gasteiger partial charge is 0.243 e. The molecule has 0 unspecified atom stereocenters. The van der Waals surface area contributed by atoms with Crippen molar-refractivity contribution in [3.63, 3.8) is 0 Å². The van der Waals surface area contributed by atoms with Crippen LogP contribution in [0.1, 0.15) is 5.56 Å². The minimum atomic E-state index is -3.70. The molecule has 0 bridgehead atoms. The first-order chi connectivity index (χ1) is 8.82. The van der Waals surface area contributed by atoms with Crippen LogP contribution in [0.25, 0.3) is 0 Å². The maximum atomic E-state index is 13.3. The number of nitrogens with zero attached hydrogens (tertiary/aromatic N) is 1. The molecule has 0 saturated carbocycles. The fraction of sp³-hybridized carbons (Fsp3) is 0.455. The van der Waals surface area contributed by atoms with E-state index >= 15 is 0 Å². The molecule has 0 atom stereocenters. The van der Waals surface area contributed by atoms with Crippen LogP contribution in [0, 0.1) is 12.7 Å². The molecule has 1 saturated heterocycles. The van der Waals surface area contributed by atoms with Crippen LogP contribution >= 0.6 is 0 Å². The number of hydrogen-bond acceptors (Lipinski definition) is 4. The van der Waals surface area contributed by atoms with E-state index in [-0.39, 0.29) is 23.7 Å². The molecular weight excluding hydrogens is 291 g/mol. The summed E-state index contributed by atoms with van der Waals surface area (Å²) in [7, 11) is -4.66. The fourth-order valence-electron chi connectivity index (χ4n) is 1.95. The number of anilines is 1. The van der Waals surface area contributed by atoms with Gasteiger partial charge in [0.05, 0.1) is 10.6 Å². The highest BCUT2D eigenvalue weighted by Gasteiger charge is 2.29. The Labute approximate surface area is 114 Å². The second kappa shape index (κ2) is 5.18. The highest BCUT2D eigenvalue weighted by Crippen LogP contribution is 2.25. The molecule has 8 heteroatoms. The summed E-state index contributed by atoms with van der Waals surface area (Å²) in [4.78, 5) is 0.0130. The van der Waals surface area contributed by atoms with Crippen LogP contribution in [0.2, 0.25) is 0 Å². The number of nitrogens with two attached hydrogens (primary N) is 1. The Kier molecular flexibility index (Phi) is 3.93. The predicted molar refractivity (Wildman–Crippen MR) is 72.2 cm³/mol. The fourth-order valence-corrected chi connectivity index (χ4v) is 4.91. The topological polar surface area (TPSA) is 80.5 Å². The molecule has 0 amide bonds. The Balaban J connectivity index is 2.40. The van der Waals surface area contributed by atoms with Gasteiger partial charge in [-0.25, -0.2) is 12.8 Å². The Morgan fingerprint density at radius 1 is 1.32 bits per heavy atom. The lowest BCUT2D eigenvalue weighted by Crippen LogP contribution is -2.41. The van der Waals surface area contributed by atoms with E-state index in [4.69, 9.17) is 5.73 Å². The van der Waals surface area contributed by atoms with Crippen LogP contribution in [0.5, 0.6) is 0 Å². The highest BCUT2D eigenvalue weighted by atomic mass is 32.2. The summed E-state index contributed by atoms with van der Waals surface area (Å²) in [6.45, 7) is 1.95. The van der Waals surface area contributed by atoms with Crippen LogP contribution in [0.4, 0.5) is 10.1 Å². The Bertz CT molecular complexity index is 621. The first kappa shape index (κ1) is 14.4. The van der Waals surface area contributed by atoms with E-state index in [9.17, 15) is 17.0 Å². The van der Waals surface area contributed by atoms with Crippen molar-refractivity contribution < 1.29 is 17.0 Å². The van der Waals surface area contributed by atoms with Crippen molar-refractivity contribution in [1.29, 1.82) is 0 Å². The molecule has 2 N–H and O–H groups in total. The summed E-state index contributed by atoms with van der Waals surface area (Å²) in [6, 6.07) is 2.26. The van der Waals surface area contributed by atoms with E-state index in [1.54, 1.807) is 0 Å². The lowest BCUT2D eigenvalue weighted by Gasteiger charge is -2.26. The molecule has 106 valence electrons. The molecule has 1 aromatic rings. The van der Waals surface area contributed by atoms with Gasteiger partial charge in [-0.3, -0.25) is 4.21 Å². The number of sulfonamides is 1. The average molecular weight is 306 g/mol. The maximum Gasteiger partial charge on any atom is 0.243 e. The van der Waals surface area contributed by atoms with Crippen molar-refractivity contribution >= 4 is 26.5 Å². The molecular formula is C11H15FN2O3S2. The monoisotopic (exact) mass is 306 g/mol. The molecule has 0 spiro atoms. The largest absolute Gasteiger partial charge is 0.396 e. The van der Waals surface area contributed by atoms with Gasteiger partial charge in [-0.2, -0.15) is 4.31 Å². The summed E-state index contributed by atoms with van der Waals surface area (Å²) in [5.41, 5.74) is 5.56. The molecule has 1 fully saturated rings. The summed E-state index contributed by atoms with van der Waals surface area (Å²) in [6.07, 6.45) is 0. The third kappa shape index (κ3) is 2.80. The summed E-state index contributed by atoms with van der Waals surface area (Å²) < 4.78 is 50.7. The van der Waals surface area contributed by atoms with Gasteiger partial charge in [0.15, 0.2) is 0 Å². The molecule has 2 rings (SSSR count). The van der Waals surface area contributed by atoms with Gasteiger partial charge in [-0.05, 0) is 24.6 Å². The van der Waals surface area contributed by atoms with Crippen molar-refractivity contribution in [1.82, 2.24) is 4.31 Å². The normalized spacial score (nSPS) is 18.6. The van der Waals surface area contributed by atoms with Crippen molar-refractivity contribution in [3.8, 4) is 0 Å². The molecule has 19 heavy (non-hydrogen) atoms. The zero-order valence-electron chi connectivity index (χ0n) is 10.4. The van der Waals surface area contributed by atoms with E-state index in [0.29, 0.717) is 17.1 Å². The molecule has 1 heterocycles. The van der Waals surface area contributed by atoms with E-state index in [1.807, 2.05) is 0 Å². The van der Waals surface area contributed by atoms with Crippen molar-refractivity contribution in [2.75, 3.05) is 30.3 Å². The summed E-state index contributed by atoms with van der Waals surface area (Å²) in [5, 5.41) is 0. The third-order valence-corrected chi connectivity index (χ3v) is 6.37. The van der Waals surface area contributed by atoms with E-state index in [0.717, 1.165) is 12.1 Å². The zero-order chi connectivity index (χ0) is 14.2. The van der Waals surface area contributed by atoms with Crippen LogP contribution in [0.3, 0.4) is 0 Å². The number of halogens is 1. The lowest BCUT2D eigenvalue weighted by atomic mass is 10.2. The van der Waals surface area contributed by atoms with Crippen molar-refractivity contribution in [2.45, 2.75) is 11.8 Å². The molecule has 1 aliphatic heterocycles. The number of aryl methyl sites for hydroxylation is 1. The predicted octanol–water partition coefficient (Wildman–Crippen LogP) is 0.469. The molecule has 5 nitrogen and oxygen atoms in total. The van der Waals surface area contributed by atoms with Crippen LogP contribution in [-0.4, -0.2) is 41.5 Å². The maximum absolute atomic E-state index is 13.3. The highest BCUT2D eigenvalue weighted by molar-refractivity contribution is 7.89. The van der Waals surface area contributed by atoms with Crippen molar-refractivity contribution in [2.24, 2.45) is 0 Å². The second-order valence-corrected chi connectivity index (χ2v) is 7.99. The standard InChI is InChI=1S/C11H15FN2O3S2/c1-8-6-9(12)10(13)7-11(8)19(16,17)14-2-4-18(15)5-3-14/h6-7H,2-5,13H2,1H3. The van der Waals surface area contributed by atoms with E-state index in [1.165, 1.54) is 11.2 Å². The Hall–Kier alpha value is -0.990. The van der Waals surface area contributed by atoms with Crippen LogP contribution in [0.15, 0.2) is 17.0 Å². The molecule has 0 aliphatic carbocycles. The van der Waals surface area contributed by atoms with Gasteiger partial charge in [-0.1, -0.05) is 0 Å². The number of benzene rings is 1. The first-order valence-corrected chi connectivity index (χ1v) is 8.66. The zero-order valence-corrected chi connectivity index (χ0v) is 12.1. The average Bonchev–Trinajstić information content (AvgIpc) is 2.34. The van der Waals surface area contributed by atoms with Gasteiger partial charge in [0.25, 0.3) is 0 Å². The summed E-state index contributed by atoms with van der Waals surface area (Å²) in [5.74, 6) is 0.0281. The van der Waals surface area contributed by atoms with E-state index in [2.05, 4.69) is 0 Å². The number of rotatable bonds is 2. The van der Waals surface area contributed by atoms with Crippen molar-refractivity contribution in [3.05, 3.63) is 23.5 Å². The van der Waals surface area contributed by atoms with Gasteiger partial charge in [0.2, 0.25) is 10.0 Å². The Morgan fingerprint density at radius 2 is 1.89 bits per heavy atom. The summed E-state index contributed by atoms with van der Waals surface area (Å²) >= 11 is 0. The van der Waals surface area contributed by atoms with Gasteiger partial charge in [-0.15, -0.1) is 0 Å². The minimum Gasteiger partial charge on any atom is -0.396 e. The van der Waals surface area contributed by atoms with E-state index < -0.39 is 26.6 Å². The van der Waals surface area contributed by atoms with Gasteiger partial charge < -0.3 is 5.73 Å². The third-order valence-electron chi connectivity index (χ3n) is 3.05. The molecule has 1 aromatic carbocycles. The SMILES string of the molecule is Cc1cc(F)c(N)cc1S(=O)(=O)N1CCS(=O)CC1. The van der Waals surface area contributed by atoms with Crippen LogP contribution in [-0.2, 0) is 20.8 Å². The van der Waals surface area contributed by atoms with Crippen LogP contribution < -0.4 is 5.73 Å². The molecule has 1 aliphatic rings. The number of hydrogen-bond donors (Lipinski definition) is 1. The van der Waals surface area contributed by atoms with Gasteiger partial charge in [0.1, 0.15) is 5.82 Å². The van der Waals surface area contributed by atoms with Gasteiger partial charge in [0, 0.05) is 35.4 Å². The Morgan fingerprint density at radius 3 is 2.47 bits per heavy atom. The number of nitrogen functional groups attached to an aromatic ring is 1. The molecule has 0 aromatic heterocycles. The first-order valence-electron chi connectivity index (χ1n) is 5.73. The lowest BCUT2D eigenvalue weighted by molar-refractivity contribution is 0.438. The quantitative estimate of drug-likeness (QED) is 0.805.